The lowest BCUT2D eigenvalue weighted by Crippen LogP contribution is -2.30. The molecule has 1 saturated heterocycles. The number of Topliss-reactive ketones (excluding diaryl/α,β-unsaturated/α-hetero) is 1. The first-order valence-corrected chi connectivity index (χ1v) is 8.42. The van der Waals surface area contributed by atoms with Crippen LogP contribution in [-0.2, 0) is 0 Å². The minimum absolute atomic E-state index is 0.247. The van der Waals surface area contributed by atoms with Gasteiger partial charge in [-0.25, -0.2) is 8.78 Å². The standard InChI is InChI=1S/C19H18ClF2NO2/c1-10-16(20)9-15(11(2)24)18(12-6-13(21)8-14(22)7-12)19(10)23-5-3-4-17(23)25/h6-9,17,25H,3-5H2,1-2H3. The van der Waals surface area contributed by atoms with Gasteiger partial charge >= 0.3 is 0 Å². The molecule has 0 aromatic heterocycles. The van der Waals surface area contributed by atoms with E-state index >= 15 is 0 Å². The van der Waals surface area contributed by atoms with Crippen molar-refractivity contribution in [2.24, 2.45) is 0 Å². The van der Waals surface area contributed by atoms with E-state index in [-0.39, 0.29) is 16.9 Å². The lowest BCUT2D eigenvalue weighted by Gasteiger charge is -2.29. The monoisotopic (exact) mass is 365 g/mol. The highest BCUT2D eigenvalue weighted by molar-refractivity contribution is 6.32. The Kier molecular flexibility index (Phi) is 4.80. The highest BCUT2D eigenvalue weighted by atomic mass is 35.5. The van der Waals surface area contributed by atoms with Gasteiger partial charge in [-0.3, -0.25) is 4.79 Å². The lowest BCUT2D eigenvalue weighted by molar-refractivity contribution is 0.101. The van der Waals surface area contributed by atoms with Gasteiger partial charge in [0.25, 0.3) is 0 Å². The van der Waals surface area contributed by atoms with Crippen LogP contribution in [0.25, 0.3) is 11.1 Å². The third-order valence-electron chi connectivity index (χ3n) is 4.53. The Morgan fingerprint density at radius 2 is 1.88 bits per heavy atom. The van der Waals surface area contributed by atoms with Crippen LogP contribution in [-0.4, -0.2) is 23.7 Å². The molecule has 0 spiro atoms. The van der Waals surface area contributed by atoms with Gasteiger partial charge in [0, 0.05) is 28.8 Å². The van der Waals surface area contributed by atoms with Crippen LogP contribution in [0.15, 0.2) is 24.3 Å². The maximum atomic E-state index is 13.8. The van der Waals surface area contributed by atoms with Gasteiger partial charge in [-0.1, -0.05) is 11.6 Å². The van der Waals surface area contributed by atoms with Crippen LogP contribution in [0.3, 0.4) is 0 Å². The van der Waals surface area contributed by atoms with E-state index in [9.17, 15) is 18.7 Å². The number of carbonyl (C=O) groups excluding carboxylic acids is 1. The molecule has 25 heavy (non-hydrogen) atoms. The van der Waals surface area contributed by atoms with Gasteiger partial charge in [0.15, 0.2) is 5.78 Å². The Morgan fingerprint density at radius 3 is 2.40 bits per heavy atom. The van der Waals surface area contributed by atoms with Crippen LogP contribution in [0.5, 0.6) is 0 Å². The number of halogens is 3. The molecule has 1 N–H and O–H groups in total. The summed E-state index contributed by atoms with van der Waals surface area (Å²) in [7, 11) is 0. The minimum Gasteiger partial charge on any atom is -0.374 e. The van der Waals surface area contributed by atoms with Crippen molar-refractivity contribution >= 4 is 23.1 Å². The molecule has 0 bridgehead atoms. The Balaban J connectivity index is 2.37. The molecule has 3 rings (SSSR count). The van der Waals surface area contributed by atoms with Crippen molar-refractivity contribution in [1.82, 2.24) is 0 Å². The summed E-state index contributed by atoms with van der Waals surface area (Å²) in [6.07, 6.45) is 0.631. The summed E-state index contributed by atoms with van der Waals surface area (Å²) in [6.45, 7) is 3.72. The fourth-order valence-electron chi connectivity index (χ4n) is 3.37. The van der Waals surface area contributed by atoms with Gasteiger partial charge in [0.05, 0.1) is 5.69 Å². The van der Waals surface area contributed by atoms with Crippen LogP contribution in [0.1, 0.15) is 35.7 Å². The van der Waals surface area contributed by atoms with Crippen molar-refractivity contribution in [3.63, 3.8) is 0 Å². The SMILES string of the molecule is CC(=O)c1cc(Cl)c(C)c(N2CCCC2O)c1-c1cc(F)cc(F)c1. The molecule has 2 aromatic rings. The highest BCUT2D eigenvalue weighted by Gasteiger charge is 2.29. The molecule has 2 aromatic carbocycles. The van der Waals surface area contributed by atoms with E-state index in [4.69, 9.17) is 11.6 Å². The second-order valence-electron chi connectivity index (χ2n) is 6.29. The van der Waals surface area contributed by atoms with Gasteiger partial charge in [0.2, 0.25) is 0 Å². The zero-order valence-electron chi connectivity index (χ0n) is 13.9. The number of anilines is 1. The number of hydrogen-bond donors (Lipinski definition) is 1. The zero-order valence-corrected chi connectivity index (χ0v) is 14.7. The first kappa shape index (κ1) is 17.8. The molecule has 1 aliphatic rings. The number of ketones is 1. The first-order valence-electron chi connectivity index (χ1n) is 8.04. The van der Waals surface area contributed by atoms with E-state index in [2.05, 4.69) is 0 Å². The van der Waals surface area contributed by atoms with Crippen molar-refractivity contribution in [3.8, 4) is 11.1 Å². The Labute approximate surface area is 149 Å². The third-order valence-corrected chi connectivity index (χ3v) is 4.92. The first-order chi connectivity index (χ1) is 11.8. The molecule has 0 aliphatic carbocycles. The van der Waals surface area contributed by atoms with Gasteiger partial charge in [-0.2, -0.15) is 0 Å². The molecule has 1 atom stereocenters. The number of aliphatic hydroxyl groups is 1. The number of aliphatic hydroxyl groups excluding tert-OH is 1. The summed E-state index contributed by atoms with van der Waals surface area (Å²) in [5.41, 5.74) is 2.13. The largest absolute Gasteiger partial charge is 0.374 e. The van der Waals surface area contributed by atoms with Crippen LogP contribution in [0, 0.1) is 18.6 Å². The molecule has 132 valence electrons. The highest BCUT2D eigenvalue weighted by Crippen LogP contribution is 2.43. The van der Waals surface area contributed by atoms with Crippen molar-refractivity contribution < 1.29 is 18.7 Å². The average molecular weight is 366 g/mol. The number of hydrogen-bond acceptors (Lipinski definition) is 3. The molecule has 0 amide bonds. The maximum absolute atomic E-state index is 13.8. The predicted octanol–water partition coefficient (Wildman–Crippen LogP) is 4.71. The average Bonchev–Trinajstić information content (AvgIpc) is 2.94. The van der Waals surface area contributed by atoms with Crippen LogP contribution in [0.4, 0.5) is 14.5 Å². The maximum Gasteiger partial charge on any atom is 0.160 e. The smallest absolute Gasteiger partial charge is 0.160 e. The van der Waals surface area contributed by atoms with Crippen molar-refractivity contribution in [2.75, 3.05) is 11.4 Å². The number of benzene rings is 2. The molecular weight excluding hydrogens is 348 g/mol. The molecule has 1 fully saturated rings. The van der Waals surface area contributed by atoms with E-state index < -0.39 is 17.9 Å². The summed E-state index contributed by atoms with van der Waals surface area (Å²) in [5, 5.41) is 10.7. The molecule has 0 radical (unpaired) electrons. The van der Waals surface area contributed by atoms with E-state index in [0.29, 0.717) is 34.8 Å². The topological polar surface area (TPSA) is 40.5 Å². The normalized spacial score (nSPS) is 17.2. The van der Waals surface area contributed by atoms with E-state index in [1.807, 2.05) is 0 Å². The van der Waals surface area contributed by atoms with Crippen molar-refractivity contribution in [2.45, 2.75) is 32.9 Å². The van der Waals surface area contributed by atoms with Crippen molar-refractivity contribution in [3.05, 3.63) is 52.0 Å². The van der Waals surface area contributed by atoms with E-state index in [0.717, 1.165) is 12.5 Å². The fraction of sp³-hybridized carbons (Fsp3) is 0.316. The van der Waals surface area contributed by atoms with Crippen LogP contribution in [0.2, 0.25) is 5.02 Å². The Bertz CT molecular complexity index is 834. The second kappa shape index (κ2) is 6.73. The molecule has 3 nitrogen and oxygen atoms in total. The van der Waals surface area contributed by atoms with Gasteiger partial charge < -0.3 is 10.0 Å². The molecule has 6 heteroatoms. The van der Waals surface area contributed by atoms with Crippen molar-refractivity contribution in [1.29, 1.82) is 0 Å². The molecule has 1 unspecified atom stereocenters. The number of carbonyl (C=O) groups is 1. The molecular formula is C19H18ClF2NO2. The molecule has 0 saturated carbocycles. The second-order valence-corrected chi connectivity index (χ2v) is 6.69. The summed E-state index contributed by atoms with van der Waals surface area (Å²) >= 11 is 6.30. The molecule has 1 heterocycles. The zero-order chi connectivity index (χ0) is 18.3. The summed E-state index contributed by atoms with van der Waals surface area (Å²) in [4.78, 5) is 13.9. The lowest BCUT2D eigenvalue weighted by atomic mass is 9.92. The quantitative estimate of drug-likeness (QED) is 0.800. The Hall–Kier alpha value is -1.98. The summed E-state index contributed by atoms with van der Waals surface area (Å²) in [6, 6.07) is 4.67. The van der Waals surface area contributed by atoms with E-state index in [1.54, 1.807) is 11.8 Å². The van der Waals surface area contributed by atoms with Gasteiger partial charge in [0.1, 0.15) is 17.9 Å². The van der Waals surface area contributed by atoms with Gasteiger partial charge in [-0.05, 0) is 56.0 Å². The Morgan fingerprint density at radius 1 is 1.24 bits per heavy atom. The van der Waals surface area contributed by atoms with E-state index in [1.165, 1.54) is 25.1 Å². The number of rotatable bonds is 3. The minimum atomic E-state index is -0.731. The number of nitrogens with zero attached hydrogens (tertiary/aromatic N) is 1. The third kappa shape index (κ3) is 3.26. The fourth-order valence-corrected chi connectivity index (χ4v) is 3.57. The van der Waals surface area contributed by atoms with Gasteiger partial charge in [-0.15, -0.1) is 0 Å². The van der Waals surface area contributed by atoms with Crippen LogP contribution >= 0.6 is 11.6 Å². The predicted molar refractivity (Wildman–Crippen MR) is 94.1 cm³/mol. The summed E-state index contributed by atoms with van der Waals surface area (Å²) < 4.78 is 27.6. The molecule has 1 aliphatic heterocycles. The summed E-state index contributed by atoms with van der Waals surface area (Å²) in [5.74, 6) is -1.73. The van der Waals surface area contributed by atoms with Crippen LogP contribution < -0.4 is 4.90 Å².